The Balaban J connectivity index is 2.59. The SMILES string of the molecule is COC(=O)CCN(C)C(=O)C(C)Oc1ccc(Cl)cc1Br. The normalized spacial score (nSPS) is 11.7. The first-order chi connectivity index (χ1) is 9.85. The Hall–Kier alpha value is -1.27. The lowest BCUT2D eigenvalue weighted by molar-refractivity contribution is -0.142. The van der Waals surface area contributed by atoms with Gasteiger partial charge in [-0.05, 0) is 41.1 Å². The van der Waals surface area contributed by atoms with Crippen LogP contribution in [0, 0.1) is 0 Å². The summed E-state index contributed by atoms with van der Waals surface area (Å²) < 4.78 is 10.8. The van der Waals surface area contributed by atoms with Crippen molar-refractivity contribution in [2.45, 2.75) is 19.4 Å². The number of hydrogen-bond donors (Lipinski definition) is 0. The van der Waals surface area contributed by atoms with Crippen molar-refractivity contribution >= 4 is 39.4 Å². The molecule has 0 saturated carbocycles. The highest BCUT2D eigenvalue weighted by Gasteiger charge is 2.20. The van der Waals surface area contributed by atoms with Gasteiger partial charge in [-0.25, -0.2) is 0 Å². The highest BCUT2D eigenvalue weighted by molar-refractivity contribution is 9.10. The molecule has 1 rings (SSSR count). The van der Waals surface area contributed by atoms with Gasteiger partial charge in [-0.2, -0.15) is 0 Å². The Morgan fingerprint density at radius 2 is 2.10 bits per heavy atom. The maximum atomic E-state index is 12.1. The van der Waals surface area contributed by atoms with E-state index < -0.39 is 6.10 Å². The van der Waals surface area contributed by atoms with E-state index in [1.807, 2.05) is 0 Å². The zero-order chi connectivity index (χ0) is 16.0. The molecule has 7 heteroatoms. The van der Waals surface area contributed by atoms with E-state index >= 15 is 0 Å². The van der Waals surface area contributed by atoms with Gasteiger partial charge in [-0.1, -0.05) is 11.6 Å². The predicted octanol–water partition coefficient (Wildman–Crippen LogP) is 2.89. The highest BCUT2D eigenvalue weighted by Crippen LogP contribution is 2.28. The molecule has 1 amide bonds. The zero-order valence-electron chi connectivity index (χ0n) is 12.1. The molecule has 1 unspecified atom stereocenters. The number of carbonyl (C=O) groups excluding carboxylic acids is 2. The molecule has 1 atom stereocenters. The van der Waals surface area contributed by atoms with Gasteiger partial charge in [-0.15, -0.1) is 0 Å². The number of carbonyl (C=O) groups is 2. The predicted molar refractivity (Wildman–Crippen MR) is 83.5 cm³/mol. The molecule has 0 aromatic heterocycles. The number of nitrogens with zero attached hydrogens (tertiary/aromatic N) is 1. The fraction of sp³-hybridized carbons (Fsp3) is 0.429. The van der Waals surface area contributed by atoms with Crippen LogP contribution in [0.25, 0.3) is 0 Å². The highest BCUT2D eigenvalue weighted by atomic mass is 79.9. The van der Waals surface area contributed by atoms with Crippen LogP contribution in [0.3, 0.4) is 0 Å². The summed E-state index contributed by atoms with van der Waals surface area (Å²) in [5, 5.41) is 0.573. The van der Waals surface area contributed by atoms with Crippen LogP contribution in [0.15, 0.2) is 22.7 Å². The lowest BCUT2D eigenvalue weighted by atomic mass is 10.3. The number of amides is 1. The molecule has 0 bridgehead atoms. The second-order valence-electron chi connectivity index (χ2n) is 4.42. The van der Waals surface area contributed by atoms with Crippen molar-refractivity contribution < 1.29 is 19.1 Å². The minimum Gasteiger partial charge on any atom is -0.480 e. The molecule has 1 aromatic rings. The Labute approximate surface area is 137 Å². The fourth-order valence-electron chi connectivity index (χ4n) is 1.59. The van der Waals surface area contributed by atoms with Crippen LogP contribution >= 0.6 is 27.5 Å². The number of benzene rings is 1. The summed E-state index contributed by atoms with van der Waals surface area (Å²) in [6.07, 6.45) is -0.527. The maximum absolute atomic E-state index is 12.1. The van der Waals surface area contributed by atoms with Crippen molar-refractivity contribution in [1.29, 1.82) is 0 Å². The number of methoxy groups -OCH3 is 1. The van der Waals surface area contributed by atoms with E-state index in [4.69, 9.17) is 16.3 Å². The second-order valence-corrected chi connectivity index (χ2v) is 5.71. The smallest absolute Gasteiger partial charge is 0.307 e. The maximum Gasteiger partial charge on any atom is 0.307 e. The molecule has 0 radical (unpaired) electrons. The molecule has 116 valence electrons. The molecule has 0 aliphatic carbocycles. The van der Waals surface area contributed by atoms with Crippen LogP contribution in [-0.4, -0.2) is 43.6 Å². The minimum atomic E-state index is -0.676. The van der Waals surface area contributed by atoms with Crippen LogP contribution in [0.1, 0.15) is 13.3 Å². The average Bonchev–Trinajstić information content (AvgIpc) is 2.46. The molecule has 21 heavy (non-hydrogen) atoms. The first-order valence-corrected chi connectivity index (χ1v) is 7.45. The summed E-state index contributed by atoms with van der Waals surface area (Å²) in [6.45, 7) is 1.93. The van der Waals surface area contributed by atoms with Gasteiger partial charge < -0.3 is 14.4 Å². The van der Waals surface area contributed by atoms with Gasteiger partial charge in [0.15, 0.2) is 6.10 Å². The van der Waals surface area contributed by atoms with Gasteiger partial charge in [0.2, 0.25) is 0 Å². The molecule has 0 aliphatic rings. The third-order valence-corrected chi connectivity index (χ3v) is 3.66. The third-order valence-electron chi connectivity index (χ3n) is 2.80. The fourth-order valence-corrected chi connectivity index (χ4v) is 2.37. The van der Waals surface area contributed by atoms with Crippen LogP contribution < -0.4 is 4.74 Å². The first kappa shape index (κ1) is 17.8. The molecule has 0 N–H and O–H groups in total. The van der Waals surface area contributed by atoms with Crippen molar-refractivity contribution in [2.24, 2.45) is 0 Å². The van der Waals surface area contributed by atoms with Gasteiger partial charge in [0.05, 0.1) is 18.0 Å². The summed E-state index contributed by atoms with van der Waals surface area (Å²) in [5.74, 6) is -0.0500. The monoisotopic (exact) mass is 377 g/mol. The second kappa shape index (κ2) is 8.24. The van der Waals surface area contributed by atoms with Crippen LogP contribution in [0.4, 0.5) is 0 Å². The van der Waals surface area contributed by atoms with E-state index in [0.29, 0.717) is 15.2 Å². The van der Waals surface area contributed by atoms with Crippen LogP contribution in [0.5, 0.6) is 5.75 Å². The lowest BCUT2D eigenvalue weighted by Crippen LogP contribution is -2.39. The van der Waals surface area contributed by atoms with E-state index in [1.165, 1.54) is 12.0 Å². The molecule has 0 spiro atoms. The minimum absolute atomic E-state index is 0.149. The molecular weight excluding hydrogens is 362 g/mol. The van der Waals surface area contributed by atoms with Crippen LogP contribution in [0.2, 0.25) is 5.02 Å². The van der Waals surface area contributed by atoms with Gasteiger partial charge in [0.1, 0.15) is 5.75 Å². The molecule has 0 fully saturated rings. The van der Waals surface area contributed by atoms with Crippen molar-refractivity contribution in [1.82, 2.24) is 4.90 Å². The van der Waals surface area contributed by atoms with Gasteiger partial charge in [-0.3, -0.25) is 9.59 Å². The standard InChI is InChI=1S/C14H17BrClNO4/c1-9(14(19)17(2)7-6-13(18)20-3)21-12-5-4-10(16)8-11(12)15/h4-5,8-9H,6-7H2,1-3H3. The number of likely N-dealkylation sites (N-methyl/N-ethyl adjacent to an activating group) is 1. The summed E-state index contributed by atoms with van der Waals surface area (Å²) in [6, 6.07) is 5.06. The van der Waals surface area contributed by atoms with E-state index in [9.17, 15) is 9.59 Å². The summed E-state index contributed by atoms with van der Waals surface area (Å²) in [7, 11) is 2.93. The number of ether oxygens (including phenoxy) is 2. The first-order valence-electron chi connectivity index (χ1n) is 6.28. The molecule has 1 aromatic carbocycles. The molecule has 0 aliphatic heterocycles. The molecular formula is C14H17BrClNO4. The average molecular weight is 379 g/mol. The third kappa shape index (κ3) is 5.55. The molecule has 0 heterocycles. The van der Waals surface area contributed by atoms with Crippen molar-refractivity contribution in [3.8, 4) is 5.75 Å². The lowest BCUT2D eigenvalue weighted by Gasteiger charge is -2.22. The number of esters is 1. The summed E-state index contributed by atoms with van der Waals surface area (Å²) >= 11 is 9.17. The Kier molecular flexibility index (Phi) is 6.98. The van der Waals surface area contributed by atoms with Gasteiger partial charge >= 0.3 is 5.97 Å². The van der Waals surface area contributed by atoms with Crippen molar-refractivity contribution in [3.63, 3.8) is 0 Å². The van der Waals surface area contributed by atoms with Crippen molar-refractivity contribution in [3.05, 3.63) is 27.7 Å². The van der Waals surface area contributed by atoms with Crippen LogP contribution in [-0.2, 0) is 14.3 Å². The van der Waals surface area contributed by atoms with E-state index in [-0.39, 0.29) is 24.8 Å². The van der Waals surface area contributed by atoms with E-state index in [0.717, 1.165) is 0 Å². The molecule has 0 saturated heterocycles. The topological polar surface area (TPSA) is 55.8 Å². The quantitative estimate of drug-likeness (QED) is 0.714. The Bertz CT molecular complexity index is 524. The Morgan fingerprint density at radius 1 is 1.43 bits per heavy atom. The van der Waals surface area contributed by atoms with Crippen molar-refractivity contribution in [2.75, 3.05) is 20.7 Å². The van der Waals surface area contributed by atoms with E-state index in [2.05, 4.69) is 20.7 Å². The van der Waals surface area contributed by atoms with E-state index in [1.54, 1.807) is 32.2 Å². The van der Waals surface area contributed by atoms with Gasteiger partial charge in [0, 0.05) is 18.6 Å². The largest absolute Gasteiger partial charge is 0.480 e. The summed E-state index contributed by atoms with van der Waals surface area (Å²) in [4.78, 5) is 24.6. The number of halogens is 2. The number of rotatable bonds is 6. The molecule has 5 nitrogen and oxygen atoms in total. The Morgan fingerprint density at radius 3 is 2.67 bits per heavy atom. The van der Waals surface area contributed by atoms with Gasteiger partial charge in [0.25, 0.3) is 5.91 Å². The summed E-state index contributed by atoms with van der Waals surface area (Å²) in [5.41, 5.74) is 0. The zero-order valence-corrected chi connectivity index (χ0v) is 14.4. The number of hydrogen-bond acceptors (Lipinski definition) is 4.